The fourth-order valence-corrected chi connectivity index (χ4v) is 1.86. The molecule has 0 aliphatic rings. The predicted molar refractivity (Wildman–Crippen MR) is 77.7 cm³/mol. The van der Waals surface area contributed by atoms with Gasteiger partial charge >= 0.3 is 0 Å². The lowest BCUT2D eigenvalue weighted by molar-refractivity contribution is -0.119. The number of nitrogens with one attached hydrogen (secondary N) is 2. The average Bonchev–Trinajstić information content (AvgIpc) is 2.45. The van der Waals surface area contributed by atoms with Gasteiger partial charge < -0.3 is 10.6 Å². The summed E-state index contributed by atoms with van der Waals surface area (Å²) in [7, 11) is 0. The SMILES string of the molecule is CC(=O)NCc1ccccc1NCc1ccccc1. The normalized spacial score (nSPS) is 9.95. The highest BCUT2D eigenvalue weighted by Gasteiger charge is 2.02. The van der Waals surface area contributed by atoms with Crippen molar-refractivity contribution in [3.05, 3.63) is 65.7 Å². The molecule has 0 bridgehead atoms. The molecule has 0 saturated heterocycles. The maximum atomic E-state index is 11.0. The molecule has 0 aromatic heterocycles. The molecule has 2 aromatic carbocycles. The van der Waals surface area contributed by atoms with Crippen molar-refractivity contribution in [2.24, 2.45) is 0 Å². The molecular weight excluding hydrogens is 236 g/mol. The van der Waals surface area contributed by atoms with Gasteiger partial charge in [-0.1, -0.05) is 48.5 Å². The molecule has 0 spiro atoms. The van der Waals surface area contributed by atoms with Gasteiger partial charge in [-0.3, -0.25) is 4.79 Å². The van der Waals surface area contributed by atoms with Gasteiger partial charge in [0.2, 0.25) is 5.91 Å². The highest BCUT2D eigenvalue weighted by molar-refractivity contribution is 5.73. The monoisotopic (exact) mass is 254 g/mol. The first kappa shape index (κ1) is 13.1. The van der Waals surface area contributed by atoms with Gasteiger partial charge in [-0.05, 0) is 17.2 Å². The fourth-order valence-electron chi connectivity index (χ4n) is 1.86. The first-order chi connectivity index (χ1) is 9.25. The van der Waals surface area contributed by atoms with Crippen molar-refractivity contribution < 1.29 is 4.79 Å². The molecule has 1 amide bonds. The number of para-hydroxylation sites is 1. The molecule has 0 aliphatic carbocycles. The number of amides is 1. The molecule has 0 atom stereocenters. The van der Waals surface area contributed by atoms with Crippen LogP contribution in [0.1, 0.15) is 18.1 Å². The van der Waals surface area contributed by atoms with E-state index in [0.29, 0.717) is 6.54 Å². The minimum Gasteiger partial charge on any atom is -0.381 e. The van der Waals surface area contributed by atoms with Gasteiger partial charge in [-0.2, -0.15) is 0 Å². The second-order valence-corrected chi connectivity index (χ2v) is 4.41. The van der Waals surface area contributed by atoms with Crippen LogP contribution in [0.15, 0.2) is 54.6 Å². The van der Waals surface area contributed by atoms with Crippen LogP contribution < -0.4 is 10.6 Å². The molecule has 0 aliphatic heterocycles. The van der Waals surface area contributed by atoms with Gasteiger partial charge in [0.05, 0.1) is 0 Å². The molecule has 2 rings (SSSR count). The smallest absolute Gasteiger partial charge is 0.217 e. The number of anilines is 1. The van der Waals surface area contributed by atoms with Gasteiger partial charge in [-0.15, -0.1) is 0 Å². The lowest BCUT2D eigenvalue weighted by atomic mass is 10.1. The first-order valence-corrected chi connectivity index (χ1v) is 6.36. The standard InChI is InChI=1S/C16H18N2O/c1-13(19)17-12-15-9-5-6-10-16(15)18-11-14-7-3-2-4-8-14/h2-10,18H,11-12H2,1H3,(H,17,19). The Morgan fingerprint density at radius 3 is 2.37 bits per heavy atom. The van der Waals surface area contributed by atoms with Gasteiger partial charge in [0.25, 0.3) is 0 Å². The Morgan fingerprint density at radius 1 is 0.947 bits per heavy atom. The highest BCUT2D eigenvalue weighted by atomic mass is 16.1. The fraction of sp³-hybridized carbons (Fsp3) is 0.188. The summed E-state index contributed by atoms with van der Waals surface area (Å²) in [6, 6.07) is 18.3. The maximum absolute atomic E-state index is 11.0. The van der Waals surface area contributed by atoms with Crippen LogP contribution >= 0.6 is 0 Å². The number of hydrogen-bond donors (Lipinski definition) is 2. The van der Waals surface area contributed by atoms with Gasteiger partial charge in [0.1, 0.15) is 0 Å². The molecule has 0 saturated carbocycles. The van der Waals surface area contributed by atoms with Crippen molar-refractivity contribution in [3.63, 3.8) is 0 Å². The quantitative estimate of drug-likeness (QED) is 0.861. The van der Waals surface area contributed by atoms with Crippen LogP contribution in [0.2, 0.25) is 0 Å². The van der Waals surface area contributed by atoms with E-state index in [-0.39, 0.29) is 5.91 Å². The second-order valence-electron chi connectivity index (χ2n) is 4.41. The van der Waals surface area contributed by atoms with E-state index in [2.05, 4.69) is 22.8 Å². The van der Waals surface area contributed by atoms with E-state index in [0.717, 1.165) is 17.8 Å². The first-order valence-electron chi connectivity index (χ1n) is 6.36. The highest BCUT2D eigenvalue weighted by Crippen LogP contribution is 2.16. The predicted octanol–water partition coefficient (Wildman–Crippen LogP) is 2.93. The Bertz CT molecular complexity index is 537. The van der Waals surface area contributed by atoms with Crippen molar-refractivity contribution in [3.8, 4) is 0 Å². The zero-order valence-electron chi connectivity index (χ0n) is 11.0. The zero-order chi connectivity index (χ0) is 13.5. The van der Waals surface area contributed by atoms with Crippen LogP contribution in [0.4, 0.5) is 5.69 Å². The minimum atomic E-state index is -0.0159. The summed E-state index contributed by atoms with van der Waals surface area (Å²) in [6.07, 6.45) is 0. The number of hydrogen-bond acceptors (Lipinski definition) is 2. The summed E-state index contributed by atoms with van der Waals surface area (Å²) in [5.41, 5.74) is 3.38. The van der Waals surface area contributed by atoms with Crippen molar-refractivity contribution >= 4 is 11.6 Å². The van der Waals surface area contributed by atoms with Crippen LogP contribution in [0.3, 0.4) is 0 Å². The van der Waals surface area contributed by atoms with Crippen LogP contribution in [0.5, 0.6) is 0 Å². The number of carbonyl (C=O) groups is 1. The summed E-state index contributed by atoms with van der Waals surface area (Å²) < 4.78 is 0. The molecule has 0 radical (unpaired) electrons. The average molecular weight is 254 g/mol. The maximum Gasteiger partial charge on any atom is 0.217 e. The van der Waals surface area contributed by atoms with E-state index < -0.39 is 0 Å². The molecule has 2 N–H and O–H groups in total. The summed E-state index contributed by atoms with van der Waals surface area (Å²) >= 11 is 0. The minimum absolute atomic E-state index is 0.0159. The largest absolute Gasteiger partial charge is 0.381 e. The number of rotatable bonds is 5. The summed E-state index contributed by atoms with van der Waals surface area (Å²) in [6.45, 7) is 2.85. The van der Waals surface area contributed by atoms with Gasteiger partial charge in [0, 0.05) is 25.7 Å². The van der Waals surface area contributed by atoms with E-state index in [9.17, 15) is 4.79 Å². The number of carbonyl (C=O) groups excluding carboxylic acids is 1. The van der Waals surface area contributed by atoms with Crippen LogP contribution in [0, 0.1) is 0 Å². The van der Waals surface area contributed by atoms with Crippen molar-refractivity contribution in [1.82, 2.24) is 5.32 Å². The lowest BCUT2D eigenvalue weighted by Gasteiger charge is -2.12. The Morgan fingerprint density at radius 2 is 1.63 bits per heavy atom. The van der Waals surface area contributed by atoms with Crippen molar-refractivity contribution in [2.45, 2.75) is 20.0 Å². The van der Waals surface area contributed by atoms with Crippen LogP contribution in [-0.2, 0) is 17.9 Å². The van der Waals surface area contributed by atoms with Crippen LogP contribution in [-0.4, -0.2) is 5.91 Å². The van der Waals surface area contributed by atoms with Gasteiger partial charge in [0.15, 0.2) is 0 Å². The summed E-state index contributed by atoms with van der Waals surface area (Å²) in [5.74, 6) is -0.0159. The molecule has 0 unspecified atom stereocenters. The third-order valence-corrected chi connectivity index (χ3v) is 2.87. The Hall–Kier alpha value is -2.29. The Labute approximate surface area is 113 Å². The van der Waals surface area contributed by atoms with Crippen molar-refractivity contribution in [1.29, 1.82) is 0 Å². The zero-order valence-corrected chi connectivity index (χ0v) is 11.0. The van der Waals surface area contributed by atoms with E-state index in [1.165, 1.54) is 12.5 Å². The third kappa shape index (κ3) is 4.14. The van der Waals surface area contributed by atoms with Crippen LogP contribution in [0.25, 0.3) is 0 Å². The van der Waals surface area contributed by atoms with Gasteiger partial charge in [-0.25, -0.2) is 0 Å². The summed E-state index contributed by atoms with van der Waals surface area (Å²) in [4.78, 5) is 11.0. The molecule has 0 fully saturated rings. The third-order valence-electron chi connectivity index (χ3n) is 2.87. The topological polar surface area (TPSA) is 41.1 Å². The summed E-state index contributed by atoms with van der Waals surface area (Å²) in [5, 5.41) is 6.22. The van der Waals surface area contributed by atoms with E-state index >= 15 is 0 Å². The molecule has 3 heteroatoms. The molecule has 98 valence electrons. The number of benzene rings is 2. The molecular formula is C16H18N2O. The second kappa shape index (κ2) is 6.59. The van der Waals surface area contributed by atoms with E-state index in [4.69, 9.17) is 0 Å². The van der Waals surface area contributed by atoms with E-state index in [1.807, 2.05) is 42.5 Å². The lowest BCUT2D eigenvalue weighted by Crippen LogP contribution is -2.19. The van der Waals surface area contributed by atoms with E-state index in [1.54, 1.807) is 0 Å². The van der Waals surface area contributed by atoms with Crippen molar-refractivity contribution in [2.75, 3.05) is 5.32 Å². The molecule has 2 aromatic rings. The Balaban J connectivity index is 2.01. The Kier molecular flexibility index (Phi) is 4.56. The molecule has 3 nitrogen and oxygen atoms in total. The molecule has 0 heterocycles. The molecule has 19 heavy (non-hydrogen) atoms.